The molecule has 1 atom stereocenters. The maximum absolute atomic E-state index is 5.93. The highest BCUT2D eigenvalue weighted by atomic mass is 16.5. The number of aromatic nitrogens is 1. The Kier molecular flexibility index (Phi) is 8.87. The van der Waals surface area contributed by atoms with E-state index < -0.39 is 0 Å². The molecule has 1 saturated heterocycles. The second-order valence-corrected chi connectivity index (χ2v) is 6.35. The van der Waals surface area contributed by atoms with Gasteiger partial charge in [0.1, 0.15) is 0 Å². The van der Waals surface area contributed by atoms with Crippen molar-refractivity contribution in [2.75, 3.05) is 39.5 Å². The summed E-state index contributed by atoms with van der Waals surface area (Å²) in [5, 5.41) is 0. The van der Waals surface area contributed by atoms with Gasteiger partial charge in [0, 0.05) is 31.5 Å². The van der Waals surface area contributed by atoms with Gasteiger partial charge in [-0.1, -0.05) is 38.1 Å². The van der Waals surface area contributed by atoms with Crippen LogP contribution in [0, 0.1) is 0 Å². The van der Waals surface area contributed by atoms with Gasteiger partial charge in [-0.05, 0) is 37.0 Å². The fourth-order valence-electron chi connectivity index (χ4n) is 2.79. The molecule has 0 aliphatic carbocycles. The van der Waals surface area contributed by atoms with E-state index in [-0.39, 0.29) is 6.10 Å². The van der Waals surface area contributed by atoms with Crippen LogP contribution in [0.1, 0.15) is 38.4 Å². The van der Waals surface area contributed by atoms with Crippen LogP contribution in [0.3, 0.4) is 0 Å². The maximum Gasteiger partial charge on any atom is 0.0731 e. The number of hydrogen-bond donors (Lipinski definition) is 0. The van der Waals surface area contributed by atoms with Gasteiger partial charge in [0.05, 0.1) is 25.9 Å². The van der Waals surface area contributed by atoms with Gasteiger partial charge in [0.25, 0.3) is 0 Å². The van der Waals surface area contributed by atoms with Crippen molar-refractivity contribution in [3.8, 4) is 0 Å². The van der Waals surface area contributed by atoms with E-state index in [1.54, 1.807) is 0 Å². The van der Waals surface area contributed by atoms with Crippen molar-refractivity contribution in [2.24, 2.45) is 0 Å². The first-order chi connectivity index (χ1) is 12.2. The minimum absolute atomic E-state index is 0.101. The second kappa shape index (κ2) is 11.2. The van der Waals surface area contributed by atoms with Crippen LogP contribution in [0.2, 0.25) is 0 Å². The summed E-state index contributed by atoms with van der Waals surface area (Å²) in [5.74, 6) is 0. The Morgan fingerprint density at radius 3 is 2.76 bits per heavy atom. The molecule has 138 valence electrons. The molecule has 1 aliphatic rings. The zero-order chi connectivity index (χ0) is 17.9. The van der Waals surface area contributed by atoms with Crippen molar-refractivity contribution in [2.45, 2.75) is 39.7 Å². The smallest absolute Gasteiger partial charge is 0.0731 e. The monoisotopic (exact) mass is 344 g/mol. The van der Waals surface area contributed by atoms with Crippen LogP contribution in [-0.2, 0) is 15.9 Å². The summed E-state index contributed by atoms with van der Waals surface area (Å²) in [5.41, 5.74) is 3.50. The number of allylic oxidation sites excluding steroid dienone is 3. The van der Waals surface area contributed by atoms with Crippen LogP contribution < -0.4 is 0 Å². The lowest BCUT2D eigenvalue weighted by molar-refractivity contribution is 0.0140. The molecule has 4 heteroatoms. The van der Waals surface area contributed by atoms with Gasteiger partial charge in [-0.15, -0.1) is 0 Å². The highest BCUT2D eigenvalue weighted by Crippen LogP contribution is 2.17. The van der Waals surface area contributed by atoms with Gasteiger partial charge < -0.3 is 9.47 Å². The van der Waals surface area contributed by atoms with Crippen molar-refractivity contribution < 1.29 is 9.47 Å². The molecule has 0 amide bonds. The molecule has 0 saturated carbocycles. The summed E-state index contributed by atoms with van der Waals surface area (Å²) < 4.78 is 11.3. The molecule has 0 N–H and O–H groups in total. The van der Waals surface area contributed by atoms with E-state index in [0.717, 1.165) is 63.6 Å². The van der Waals surface area contributed by atoms with E-state index in [1.807, 2.05) is 6.20 Å². The molecule has 0 spiro atoms. The fourth-order valence-corrected chi connectivity index (χ4v) is 2.79. The number of aryl methyl sites for hydroxylation is 1. The molecule has 2 rings (SSSR count). The molecule has 1 unspecified atom stereocenters. The highest BCUT2D eigenvalue weighted by Gasteiger charge is 2.10. The Bertz CT molecular complexity index is 546. The molecule has 1 aromatic rings. The second-order valence-electron chi connectivity index (χ2n) is 6.35. The van der Waals surface area contributed by atoms with Crippen LogP contribution in [0.5, 0.6) is 0 Å². The van der Waals surface area contributed by atoms with Crippen molar-refractivity contribution >= 4 is 5.57 Å². The normalized spacial score (nSPS) is 18.0. The zero-order valence-corrected chi connectivity index (χ0v) is 15.9. The Labute approximate surface area is 152 Å². The number of hydrogen-bond acceptors (Lipinski definition) is 4. The predicted molar refractivity (Wildman–Crippen MR) is 104 cm³/mol. The highest BCUT2D eigenvalue weighted by molar-refractivity contribution is 5.73. The number of morpholine rings is 1. The number of nitrogens with zero attached hydrogens (tertiary/aromatic N) is 2. The number of ether oxygens (including phenoxy) is 2. The van der Waals surface area contributed by atoms with Crippen LogP contribution >= 0.6 is 0 Å². The molecule has 25 heavy (non-hydrogen) atoms. The molecule has 2 heterocycles. The SMILES string of the molecule is CC/C=C(\C=C/C(C)OCCN1CCOCC1)c1ccc(CC)nc1. The first-order valence-corrected chi connectivity index (χ1v) is 9.48. The third kappa shape index (κ3) is 7.10. The van der Waals surface area contributed by atoms with Crippen LogP contribution in [0.25, 0.3) is 5.57 Å². The van der Waals surface area contributed by atoms with Crippen molar-refractivity contribution in [3.63, 3.8) is 0 Å². The summed E-state index contributed by atoms with van der Waals surface area (Å²) in [4.78, 5) is 6.90. The van der Waals surface area contributed by atoms with Gasteiger partial charge in [-0.3, -0.25) is 9.88 Å². The minimum atomic E-state index is 0.101. The third-order valence-electron chi connectivity index (χ3n) is 4.38. The maximum atomic E-state index is 5.93. The zero-order valence-electron chi connectivity index (χ0n) is 15.9. The van der Waals surface area contributed by atoms with Crippen LogP contribution in [-0.4, -0.2) is 55.4 Å². The Morgan fingerprint density at radius 2 is 2.12 bits per heavy atom. The summed E-state index contributed by atoms with van der Waals surface area (Å²) in [7, 11) is 0. The van der Waals surface area contributed by atoms with Crippen LogP contribution in [0.4, 0.5) is 0 Å². The molecular weight excluding hydrogens is 312 g/mol. The lowest BCUT2D eigenvalue weighted by Gasteiger charge is -2.26. The van der Waals surface area contributed by atoms with Crippen LogP contribution in [0.15, 0.2) is 36.6 Å². The summed E-state index contributed by atoms with van der Waals surface area (Å²) in [6.07, 6.45) is 10.6. The minimum Gasteiger partial charge on any atom is -0.379 e. The number of rotatable bonds is 9. The predicted octanol–water partition coefficient (Wildman–Crippen LogP) is 3.73. The Hall–Kier alpha value is -1.49. The first-order valence-electron chi connectivity index (χ1n) is 9.48. The standard InChI is InChI=1S/C21H32N2O2/c1-4-6-19(20-9-10-21(5-2)22-17-20)8-7-18(3)25-16-13-23-11-14-24-15-12-23/h6-10,17-18H,4-5,11-16H2,1-3H3/b8-7-,19-6+. The van der Waals surface area contributed by atoms with E-state index in [0.29, 0.717) is 0 Å². The molecule has 1 fully saturated rings. The molecule has 1 aromatic heterocycles. The van der Waals surface area contributed by atoms with E-state index >= 15 is 0 Å². The Balaban J connectivity index is 1.83. The average Bonchev–Trinajstić information content (AvgIpc) is 2.66. The number of pyridine rings is 1. The van der Waals surface area contributed by atoms with Gasteiger partial charge >= 0.3 is 0 Å². The summed E-state index contributed by atoms with van der Waals surface area (Å²) in [6.45, 7) is 11.8. The van der Waals surface area contributed by atoms with Crippen molar-refractivity contribution in [3.05, 3.63) is 47.8 Å². The van der Waals surface area contributed by atoms with Crippen molar-refractivity contribution in [1.82, 2.24) is 9.88 Å². The lowest BCUT2D eigenvalue weighted by atomic mass is 10.0. The van der Waals surface area contributed by atoms with Gasteiger partial charge in [0.2, 0.25) is 0 Å². The fraction of sp³-hybridized carbons (Fsp3) is 0.571. The summed E-state index contributed by atoms with van der Waals surface area (Å²) in [6, 6.07) is 4.26. The summed E-state index contributed by atoms with van der Waals surface area (Å²) >= 11 is 0. The largest absolute Gasteiger partial charge is 0.379 e. The molecule has 1 aliphatic heterocycles. The van der Waals surface area contributed by atoms with Gasteiger partial charge in [-0.2, -0.15) is 0 Å². The molecule has 0 radical (unpaired) electrons. The van der Waals surface area contributed by atoms with Crippen molar-refractivity contribution in [1.29, 1.82) is 0 Å². The Morgan fingerprint density at radius 1 is 1.32 bits per heavy atom. The quantitative estimate of drug-likeness (QED) is 0.639. The van der Waals surface area contributed by atoms with Gasteiger partial charge in [-0.25, -0.2) is 0 Å². The van der Waals surface area contributed by atoms with E-state index in [1.165, 1.54) is 5.57 Å². The van der Waals surface area contributed by atoms with E-state index in [2.05, 4.69) is 61.0 Å². The average molecular weight is 344 g/mol. The topological polar surface area (TPSA) is 34.6 Å². The molecule has 4 nitrogen and oxygen atoms in total. The molecule has 0 aromatic carbocycles. The van der Waals surface area contributed by atoms with E-state index in [9.17, 15) is 0 Å². The lowest BCUT2D eigenvalue weighted by Crippen LogP contribution is -2.38. The third-order valence-corrected chi connectivity index (χ3v) is 4.38. The van der Waals surface area contributed by atoms with Gasteiger partial charge in [0.15, 0.2) is 0 Å². The molecule has 0 bridgehead atoms. The van der Waals surface area contributed by atoms with E-state index in [4.69, 9.17) is 9.47 Å². The first kappa shape index (κ1) is 19.8. The molecular formula is C21H32N2O2.